The van der Waals surface area contributed by atoms with Gasteiger partial charge >= 0.3 is 0 Å². The smallest absolute Gasteiger partial charge is 0.277 e. The number of hydrazone groups is 1. The van der Waals surface area contributed by atoms with Gasteiger partial charge in [-0.2, -0.15) is 5.10 Å². The van der Waals surface area contributed by atoms with Crippen molar-refractivity contribution >= 4 is 62.3 Å². The molecule has 0 aliphatic heterocycles. The summed E-state index contributed by atoms with van der Waals surface area (Å²) in [6, 6.07) is 10.3. The van der Waals surface area contributed by atoms with Crippen molar-refractivity contribution in [2.24, 2.45) is 5.10 Å². The van der Waals surface area contributed by atoms with Crippen LogP contribution in [0.2, 0.25) is 10.0 Å². The van der Waals surface area contributed by atoms with Gasteiger partial charge in [-0.05, 0) is 65.7 Å². The van der Waals surface area contributed by atoms with Gasteiger partial charge in [0.2, 0.25) is 5.91 Å². The Bertz CT molecular complexity index is 919. The Morgan fingerprint density at radius 2 is 1.89 bits per heavy atom. The number of amides is 2. The molecule has 0 heterocycles. The van der Waals surface area contributed by atoms with Gasteiger partial charge < -0.3 is 10.1 Å². The van der Waals surface area contributed by atoms with E-state index < -0.39 is 5.91 Å². The van der Waals surface area contributed by atoms with Crippen LogP contribution in [-0.4, -0.2) is 24.1 Å². The van der Waals surface area contributed by atoms with E-state index in [-0.39, 0.29) is 18.9 Å². The fraction of sp³-hybridized carbons (Fsp3) is 0.211. The molecule has 0 saturated heterocycles. The number of hydrogen-bond acceptors (Lipinski definition) is 4. The third-order valence-corrected chi connectivity index (χ3v) is 4.61. The Morgan fingerprint density at radius 1 is 1.14 bits per heavy atom. The monoisotopic (exact) mass is 485 g/mol. The number of ether oxygens (including phenoxy) is 1. The minimum Gasteiger partial charge on any atom is -0.483 e. The maximum atomic E-state index is 12.1. The van der Waals surface area contributed by atoms with E-state index in [1.54, 1.807) is 25.1 Å². The van der Waals surface area contributed by atoms with Crippen molar-refractivity contribution < 1.29 is 14.3 Å². The zero-order chi connectivity index (χ0) is 20.7. The highest BCUT2D eigenvalue weighted by Gasteiger charge is 2.09. The van der Waals surface area contributed by atoms with E-state index in [0.717, 1.165) is 10.0 Å². The zero-order valence-corrected chi connectivity index (χ0v) is 18.3. The number of hydrogen-bond donors (Lipinski definition) is 2. The number of anilines is 1. The lowest BCUT2D eigenvalue weighted by molar-refractivity contribution is -0.123. The van der Waals surface area contributed by atoms with E-state index in [1.807, 2.05) is 19.1 Å². The lowest BCUT2D eigenvalue weighted by Crippen LogP contribution is -2.26. The summed E-state index contributed by atoms with van der Waals surface area (Å²) in [4.78, 5) is 23.9. The summed E-state index contributed by atoms with van der Waals surface area (Å²) in [6.45, 7) is 3.38. The van der Waals surface area contributed by atoms with E-state index in [4.69, 9.17) is 27.9 Å². The first-order valence-corrected chi connectivity index (χ1v) is 9.75. The molecule has 0 aliphatic carbocycles. The van der Waals surface area contributed by atoms with Crippen molar-refractivity contribution in [2.45, 2.75) is 20.3 Å². The molecule has 0 aromatic heterocycles. The molecule has 28 heavy (non-hydrogen) atoms. The molecule has 6 nitrogen and oxygen atoms in total. The van der Waals surface area contributed by atoms with Crippen molar-refractivity contribution in [1.82, 2.24) is 5.43 Å². The molecule has 2 N–H and O–H groups in total. The molecule has 0 atom stereocenters. The van der Waals surface area contributed by atoms with Gasteiger partial charge in [0.15, 0.2) is 6.61 Å². The molecular weight excluding hydrogens is 469 g/mol. The number of aryl methyl sites for hydroxylation is 1. The summed E-state index contributed by atoms with van der Waals surface area (Å²) in [5.41, 5.74) is 4.30. The van der Waals surface area contributed by atoms with E-state index in [1.165, 1.54) is 6.07 Å². The highest BCUT2D eigenvalue weighted by Crippen LogP contribution is 2.26. The molecule has 2 aromatic rings. The first-order valence-electron chi connectivity index (χ1n) is 8.20. The van der Waals surface area contributed by atoms with Crippen molar-refractivity contribution in [3.8, 4) is 5.75 Å². The third kappa shape index (κ3) is 7.14. The Morgan fingerprint density at radius 3 is 2.57 bits per heavy atom. The van der Waals surface area contributed by atoms with Crippen LogP contribution in [0.3, 0.4) is 0 Å². The van der Waals surface area contributed by atoms with E-state index in [2.05, 4.69) is 31.8 Å². The first-order chi connectivity index (χ1) is 13.2. The minimum atomic E-state index is -0.437. The molecule has 148 valence electrons. The van der Waals surface area contributed by atoms with Gasteiger partial charge in [0, 0.05) is 10.7 Å². The van der Waals surface area contributed by atoms with Gasteiger partial charge in [-0.15, -0.1) is 0 Å². The van der Waals surface area contributed by atoms with Gasteiger partial charge in [-0.1, -0.05) is 29.3 Å². The summed E-state index contributed by atoms with van der Waals surface area (Å²) >= 11 is 15.2. The molecule has 0 unspecified atom stereocenters. The molecule has 0 aliphatic rings. The molecule has 0 radical (unpaired) electrons. The molecule has 9 heteroatoms. The molecule has 0 fully saturated rings. The lowest BCUT2D eigenvalue weighted by Gasteiger charge is -2.09. The highest BCUT2D eigenvalue weighted by atomic mass is 79.9. The van der Waals surface area contributed by atoms with Gasteiger partial charge in [0.1, 0.15) is 5.75 Å². The SMILES string of the molecule is C/C(CC(=O)Nc1ccc(Cl)cc1Cl)=N/NC(=O)COc1ccc(C)cc1Br. The van der Waals surface area contributed by atoms with E-state index >= 15 is 0 Å². The van der Waals surface area contributed by atoms with Gasteiger partial charge in [0.25, 0.3) is 5.91 Å². The van der Waals surface area contributed by atoms with Gasteiger partial charge in [0.05, 0.1) is 21.6 Å². The Labute approximate surface area is 181 Å². The average Bonchev–Trinajstić information content (AvgIpc) is 2.61. The van der Waals surface area contributed by atoms with Crippen LogP contribution in [0.15, 0.2) is 46.0 Å². The van der Waals surface area contributed by atoms with Gasteiger partial charge in [-0.25, -0.2) is 5.43 Å². The van der Waals surface area contributed by atoms with Crippen LogP contribution in [0.5, 0.6) is 5.75 Å². The predicted molar refractivity (Wildman–Crippen MR) is 115 cm³/mol. The summed E-state index contributed by atoms with van der Waals surface area (Å²) in [6.07, 6.45) is -0.0103. The normalized spacial score (nSPS) is 11.1. The van der Waals surface area contributed by atoms with Crippen molar-refractivity contribution in [3.63, 3.8) is 0 Å². The van der Waals surface area contributed by atoms with Crippen LogP contribution in [0.25, 0.3) is 0 Å². The molecular formula is C19H18BrCl2N3O3. The van der Waals surface area contributed by atoms with Crippen LogP contribution in [-0.2, 0) is 9.59 Å². The van der Waals surface area contributed by atoms with Crippen LogP contribution < -0.4 is 15.5 Å². The Balaban J connectivity index is 1.80. The maximum absolute atomic E-state index is 12.1. The molecule has 2 rings (SSSR count). The number of halogens is 3. The Kier molecular flexibility index (Phi) is 8.29. The summed E-state index contributed by atoms with van der Waals surface area (Å²) < 4.78 is 6.20. The number of rotatable bonds is 7. The number of benzene rings is 2. The van der Waals surface area contributed by atoms with Crippen molar-refractivity contribution in [2.75, 3.05) is 11.9 Å². The van der Waals surface area contributed by atoms with Crippen molar-refractivity contribution in [1.29, 1.82) is 0 Å². The number of carbonyl (C=O) groups excluding carboxylic acids is 2. The second-order valence-electron chi connectivity index (χ2n) is 5.95. The van der Waals surface area contributed by atoms with E-state index in [9.17, 15) is 9.59 Å². The maximum Gasteiger partial charge on any atom is 0.277 e. The van der Waals surface area contributed by atoms with Crippen LogP contribution >= 0.6 is 39.1 Å². The van der Waals surface area contributed by atoms with E-state index in [0.29, 0.717) is 27.2 Å². The lowest BCUT2D eigenvalue weighted by atomic mass is 10.2. The summed E-state index contributed by atoms with van der Waals surface area (Å²) in [5.74, 6) is -0.201. The highest BCUT2D eigenvalue weighted by molar-refractivity contribution is 9.10. The molecule has 0 bridgehead atoms. The third-order valence-electron chi connectivity index (χ3n) is 3.44. The largest absolute Gasteiger partial charge is 0.483 e. The van der Waals surface area contributed by atoms with Crippen molar-refractivity contribution in [3.05, 3.63) is 56.5 Å². The van der Waals surface area contributed by atoms with Crippen LogP contribution in [0.4, 0.5) is 5.69 Å². The number of carbonyl (C=O) groups is 2. The summed E-state index contributed by atoms with van der Waals surface area (Å²) in [5, 5.41) is 7.37. The molecule has 0 spiro atoms. The standard InChI is InChI=1S/C19H18BrCl2N3O3/c1-11-3-6-17(14(20)7-11)28-10-19(27)25-24-12(2)8-18(26)23-16-5-4-13(21)9-15(16)22/h3-7,9H,8,10H2,1-2H3,(H,23,26)(H,25,27)/b24-12-. The Hall–Kier alpha value is -2.09. The molecule has 0 saturated carbocycles. The van der Waals surface area contributed by atoms with Gasteiger partial charge in [-0.3, -0.25) is 9.59 Å². The van der Waals surface area contributed by atoms with Crippen LogP contribution in [0.1, 0.15) is 18.9 Å². The second-order valence-corrected chi connectivity index (χ2v) is 7.65. The fourth-order valence-corrected chi connectivity index (χ4v) is 3.18. The minimum absolute atomic E-state index is 0.0103. The van der Waals surface area contributed by atoms with Crippen LogP contribution in [0, 0.1) is 6.92 Å². The predicted octanol–water partition coefficient (Wildman–Crippen LogP) is 4.96. The quantitative estimate of drug-likeness (QED) is 0.428. The number of nitrogens with one attached hydrogen (secondary N) is 2. The topological polar surface area (TPSA) is 79.8 Å². The fourth-order valence-electron chi connectivity index (χ4n) is 2.11. The number of nitrogens with zero attached hydrogens (tertiary/aromatic N) is 1. The second kappa shape index (κ2) is 10.5. The first kappa shape index (κ1) is 22.2. The zero-order valence-electron chi connectivity index (χ0n) is 15.2. The summed E-state index contributed by atoms with van der Waals surface area (Å²) in [7, 11) is 0. The average molecular weight is 487 g/mol. The molecule has 2 amide bonds. The molecule has 2 aromatic carbocycles.